The zero-order valence-corrected chi connectivity index (χ0v) is 7.65. The average Bonchev–Trinajstić information content (AvgIpc) is 2.17. The van der Waals surface area contributed by atoms with Gasteiger partial charge in [0.2, 0.25) is 0 Å². The molecule has 0 atom stereocenters. The topological polar surface area (TPSA) is 66.4 Å². The Kier molecular flexibility index (Phi) is 3.23. The molecule has 0 N–H and O–H groups in total. The van der Waals surface area contributed by atoms with E-state index in [0.717, 1.165) is 0 Å². The van der Waals surface area contributed by atoms with Crippen LogP contribution in [0.3, 0.4) is 0 Å². The van der Waals surface area contributed by atoms with Crippen LogP contribution >= 0.6 is 0 Å². The summed E-state index contributed by atoms with van der Waals surface area (Å²) in [6.07, 6.45) is -0.604. The monoisotopic (exact) mass is 193 g/mol. The highest BCUT2D eigenvalue weighted by molar-refractivity contribution is 6.05. The van der Waals surface area contributed by atoms with E-state index in [9.17, 15) is 14.7 Å². The summed E-state index contributed by atoms with van der Waals surface area (Å²) in [6.45, 7) is 0. The van der Waals surface area contributed by atoms with Gasteiger partial charge in [0.25, 0.3) is 0 Å². The van der Waals surface area contributed by atoms with Gasteiger partial charge >= 0.3 is 0 Å². The van der Waals surface area contributed by atoms with Gasteiger partial charge in [-0.1, -0.05) is 12.1 Å². The van der Waals surface area contributed by atoms with E-state index in [1.54, 1.807) is 12.1 Å². The van der Waals surface area contributed by atoms with Crippen LogP contribution in [0, 0.1) is 0 Å². The molecule has 14 heavy (non-hydrogen) atoms. The van der Waals surface area contributed by atoms with Crippen LogP contribution in [-0.2, 0) is 4.79 Å². The number of carboxylic acid groups (broad SMARTS) is 1. The first-order valence-electron chi connectivity index (χ1n) is 4.00. The number of carboxylic acids is 1. The van der Waals surface area contributed by atoms with E-state index in [-0.39, 0.29) is 0 Å². The molecule has 0 unspecified atom stereocenters. The number of hydrogen-bond acceptors (Lipinski definition) is 4. The average molecular weight is 193 g/mol. The van der Waals surface area contributed by atoms with Crippen molar-refractivity contribution in [1.29, 1.82) is 0 Å². The lowest BCUT2D eigenvalue weighted by Crippen LogP contribution is -2.25. The first-order chi connectivity index (χ1) is 6.63. The number of Topliss-reactive ketones (excluding diaryl/α,β-unsaturated/α-hetero) is 1. The Labute approximate surface area is 81.1 Å². The fourth-order valence-corrected chi connectivity index (χ4v) is 1.03. The third kappa shape index (κ3) is 2.58. The third-order valence-corrected chi connectivity index (χ3v) is 1.70. The van der Waals surface area contributed by atoms with E-state index in [1.807, 2.05) is 0 Å². The molecule has 0 saturated carbocycles. The van der Waals surface area contributed by atoms with Crippen molar-refractivity contribution in [3.8, 4) is 5.75 Å². The molecular weight excluding hydrogens is 184 g/mol. The largest absolute Gasteiger partial charge is 0.550 e. The lowest BCUT2D eigenvalue weighted by Gasteiger charge is -2.04. The van der Waals surface area contributed by atoms with E-state index in [2.05, 4.69) is 0 Å². The highest BCUT2D eigenvalue weighted by Crippen LogP contribution is 2.13. The minimum Gasteiger partial charge on any atom is -0.550 e. The molecule has 74 valence electrons. The molecule has 0 saturated heterocycles. The molecule has 0 aliphatic heterocycles. The van der Waals surface area contributed by atoms with Crippen LogP contribution in [0.15, 0.2) is 24.3 Å². The number of hydrogen-bond donors (Lipinski definition) is 0. The van der Waals surface area contributed by atoms with Crippen molar-refractivity contribution in [2.24, 2.45) is 0 Å². The summed E-state index contributed by atoms with van der Waals surface area (Å²) in [5.74, 6) is -1.34. The van der Waals surface area contributed by atoms with Gasteiger partial charge < -0.3 is 14.6 Å². The van der Waals surface area contributed by atoms with Crippen LogP contribution in [0.2, 0.25) is 0 Å². The van der Waals surface area contributed by atoms with Crippen LogP contribution in [-0.4, -0.2) is 18.9 Å². The van der Waals surface area contributed by atoms with Crippen molar-refractivity contribution >= 4 is 11.8 Å². The van der Waals surface area contributed by atoms with Gasteiger partial charge in [-0.2, -0.15) is 0 Å². The van der Waals surface area contributed by atoms with E-state index < -0.39 is 18.2 Å². The molecule has 0 aromatic heterocycles. The fraction of sp³-hybridized carbons (Fsp3) is 0.200. The Bertz CT molecular complexity index is 357. The Morgan fingerprint density at radius 2 is 2.14 bits per heavy atom. The summed E-state index contributed by atoms with van der Waals surface area (Å²) in [4.78, 5) is 21.4. The number of carbonyl (C=O) groups excluding carboxylic acids is 2. The molecule has 0 radical (unpaired) electrons. The van der Waals surface area contributed by atoms with Crippen LogP contribution < -0.4 is 9.84 Å². The molecule has 1 rings (SSSR count). The molecule has 0 aliphatic rings. The summed E-state index contributed by atoms with van der Waals surface area (Å²) in [5, 5.41) is 10.2. The molecule has 0 fully saturated rings. The minimum absolute atomic E-state index is 0.313. The molecule has 0 heterocycles. The maximum absolute atomic E-state index is 11.2. The molecule has 0 aliphatic carbocycles. The fourth-order valence-electron chi connectivity index (χ4n) is 1.03. The van der Waals surface area contributed by atoms with Crippen molar-refractivity contribution in [2.45, 2.75) is 6.42 Å². The number of rotatable bonds is 4. The highest BCUT2D eigenvalue weighted by Gasteiger charge is 2.06. The quantitative estimate of drug-likeness (QED) is 0.499. The number of methoxy groups -OCH3 is 1. The van der Waals surface area contributed by atoms with E-state index in [0.29, 0.717) is 11.3 Å². The highest BCUT2D eigenvalue weighted by atomic mass is 16.5. The van der Waals surface area contributed by atoms with Crippen molar-refractivity contribution < 1.29 is 19.4 Å². The maximum atomic E-state index is 11.2. The molecule has 4 heteroatoms. The summed E-state index contributed by atoms with van der Waals surface area (Å²) in [6, 6.07) is 6.33. The number of aliphatic carboxylic acids is 1. The number of ketones is 1. The lowest BCUT2D eigenvalue weighted by molar-refractivity contribution is -0.304. The number of ether oxygens (including phenoxy) is 1. The number of benzene rings is 1. The maximum Gasteiger partial charge on any atom is 0.168 e. The van der Waals surface area contributed by atoms with E-state index in [1.165, 1.54) is 19.2 Å². The van der Waals surface area contributed by atoms with Gasteiger partial charge in [-0.3, -0.25) is 4.79 Å². The van der Waals surface area contributed by atoms with Crippen molar-refractivity contribution in [1.82, 2.24) is 0 Å². The van der Waals surface area contributed by atoms with Crippen molar-refractivity contribution in [3.05, 3.63) is 29.8 Å². The first kappa shape index (κ1) is 10.2. The predicted molar refractivity (Wildman–Crippen MR) is 46.9 cm³/mol. The van der Waals surface area contributed by atoms with Gasteiger partial charge in [0.05, 0.1) is 13.5 Å². The second-order valence-corrected chi connectivity index (χ2v) is 2.70. The molecule has 0 spiro atoms. The Morgan fingerprint density at radius 1 is 1.43 bits per heavy atom. The summed E-state index contributed by atoms with van der Waals surface area (Å²) in [7, 11) is 1.47. The predicted octanol–water partition coefficient (Wildman–Crippen LogP) is 0.0179. The van der Waals surface area contributed by atoms with E-state index in [4.69, 9.17) is 4.74 Å². The SMILES string of the molecule is COc1cccc(C(=O)CC(=O)[O-])c1. The summed E-state index contributed by atoms with van der Waals surface area (Å²) in [5.41, 5.74) is 0.313. The molecule has 0 amide bonds. The zero-order chi connectivity index (χ0) is 10.6. The molecule has 4 nitrogen and oxygen atoms in total. The molecule has 1 aromatic rings. The van der Waals surface area contributed by atoms with Gasteiger partial charge in [-0.25, -0.2) is 0 Å². The van der Waals surface area contributed by atoms with Crippen LogP contribution in [0.25, 0.3) is 0 Å². The lowest BCUT2D eigenvalue weighted by atomic mass is 10.1. The second-order valence-electron chi connectivity index (χ2n) is 2.70. The smallest absolute Gasteiger partial charge is 0.168 e. The zero-order valence-electron chi connectivity index (χ0n) is 7.65. The van der Waals surface area contributed by atoms with Crippen LogP contribution in [0.4, 0.5) is 0 Å². The second kappa shape index (κ2) is 4.41. The van der Waals surface area contributed by atoms with Gasteiger partial charge in [0.1, 0.15) is 5.75 Å². The molecule has 0 bridgehead atoms. The van der Waals surface area contributed by atoms with Gasteiger partial charge in [0.15, 0.2) is 5.78 Å². The van der Waals surface area contributed by atoms with Gasteiger partial charge in [-0.15, -0.1) is 0 Å². The Hall–Kier alpha value is -1.84. The third-order valence-electron chi connectivity index (χ3n) is 1.70. The molecule has 1 aromatic carbocycles. The standard InChI is InChI=1S/C10H10O4/c1-14-8-4-2-3-7(5-8)9(11)6-10(12)13/h2-5H,6H2,1H3,(H,12,13)/p-1. The summed E-state index contributed by atoms with van der Waals surface area (Å²) < 4.78 is 4.89. The van der Waals surface area contributed by atoms with Crippen molar-refractivity contribution in [2.75, 3.05) is 7.11 Å². The Morgan fingerprint density at radius 3 is 2.71 bits per heavy atom. The van der Waals surface area contributed by atoms with Crippen LogP contribution in [0.1, 0.15) is 16.8 Å². The van der Waals surface area contributed by atoms with Gasteiger partial charge in [0, 0.05) is 11.5 Å². The van der Waals surface area contributed by atoms with Crippen LogP contribution in [0.5, 0.6) is 5.75 Å². The Balaban J connectivity index is 2.84. The van der Waals surface area contributed by atoms with Gasteiger partial charge in [-0.05, 0) is 12.1 Å². The summed E-state index contributed by atoms with van der Waals surface area (Å²) >= 11 is 0. The van der Waals surface area contributed by atoms with Crippen molar-refractivity contribution in [3.63, 3.8) is 0 Å². The minimum atomic E-state index is -1.38. The number of carbonyl (C=O) groups is 2. The van der Waals surface area contributed by atoms with E-state index >= 15 is 0 Å². The first-order valence-corrected chi connectivity index (χ1v) is 4.00. The normalized spacial score (nSPS) is 9.50. The molecular formula is C10H9O4-.